The molecular weight excluding hydrogens is 279 g/mol. The van der Waals surface area contributed by atoms with E-state index in [2.05, 4.69) is 19.1 Å². The lowest BCUT2D eigenvalue weighted by Gasteiger charge is -2.27. The van der Waals surface area contributed by atoms with Gasteiger partial charge in [-0.1, -0.05) is 18.6 Å². The van der Waals surface area contributed by atoms with Crippen LogP contribution in [0.4, 0.5) is 4.39 Å². The molecule has 2 rings (SSSR count). The Hall–Kier alpha value is -1.64. The van der Waals surface area contributed by atoms with E-state index in [0.717, 1.165) is 38.0 Å². The third-order valence-electron chi connectivity index (χ3n) is 4.43. The normalized spacial score (nSPS) is 21.9. The molecule has 3 heteroatoms. The number of hydrogen-bond acceptors (Lipinski definition) is 2. The van der Waals surface area contributed by atoms with E-state index in [-0.39, 0.29) is 17.7 Å². The van der Waals surface area contributed by atoms with Gasteiger partial charge >= 0.3 is 5.97 Å². The van der Waals surface area contributed by atoms with Gasteiger partial charge in [-0.25, -0.2) is 4.39 Å². The van der Waals surface area contributed by atoms with Gasteiger partial charge in [-0.15, -0.1) is 0 Å². The third kappa shape index (κ3) is 5.28. The molecule has 0 bridgehead atoms. The number of allylic oxidation sites excluding steroid dienone is 2. The average molecular weight is 304 g/mol. The van der Waals surface area contributed by atoms with Crippen LogP contribution in [0.15, 0.2) is 36.4 Å². The summed E-state index contributed by atoms with van der Waals surface area (Å²) in [6.07, 6.45) is 12.0. The summed E-state index contributed by atoms with van der Waals surface area (Å²) in [6, 6.07) is 5.62. The van der Waals surface area contributed by atoms with Crippen LogP contribution in [0.2, 0.25) is 0 Å². The highest BCUT2D eigenvalue weighted by atomic mass is 19.1. The molecule has 0 saturated heterocycles. The molecule has 1 fully saturated rings. The van der Waals surface area contributed by atoms with Gasteiger partial charge in [-0.2, -0.15) is 0 Å². The minimum Gasteiger partial charge on any atom is -0.426 e. The molecule has 1 aliphatic rings. The molecule has 0 radical (unpaired) electrons. The van der Waals surface area contributed by atoms with E-state index < -0.39 is 0 Å². The Morgan fingerprint density at radius 2 is 1.91 bits per heavy atom. The maximum atomic E-state index is 12.8. The third-order valence-corrected chi connectivity index (χ3v) is 4.43. The molecule has 1 saturated carbocycles. The summed E-state index contributed by atoms with van der Waals surface area (Å²) < 4.78 is 18.2. The SMILES string of the molecule is C/C=C\CCCC1CCC(C(=O)Oc2ccc(F)cc2)CC1. The van der Waals surface area contributed by atoms with Crippen LogP contribution in [0.5, 0.6) is 5.75 Å². The number of carbonyl (C=O) groups excluding carboxylic acids is 1. The zero-order valence-electron chi connectivity index (χ0n) is 13.3. The molecule has 0 unspecified atom stereocenters. The summed E-state index contributed by atoms with van der Waals surface area (Å²) in [4.78, 5) is 12.1. The Morgan fingerprint density at radius 3 is 2.55 bits per heavy atom. The van der Waals surface area contributed by atoms with E-state index in [1.807, 2.05) is 0 Å². The second kappa shape index (κ2) is 8.72. The second-order valence-corrected chi connectivity index (χ2v) is 6.09. The molecule has 2 nitrogen and oxygen atoms in total. The molecule has 120 valence electrons. The smallest absolute Gasteiger partial charge is 0.314 e. The van der Waals surface area contributed by atoms with Gasteiger partial charge in [0.05, 0.1) is 5.92 Å². The van der Waals surface area contributed by atoms with Gasteiger partial charge in [0.15, 0.2) is 0 Å². The molecule has 0 aromatic heterocycles. The lowest BCUT2D eigenvalue weighted by atomic mass is 9.80. The number of esters is 1. The van der Waals surface area contributed by atoms with Crippen molar-refractivity contribution in [3.63, 3.8) is 0 Å². The lowest BCUT2D eigenvalue weighted by Crippen LogP contribution is -2.25. The van der Waals surface area contributed by atoms with Crippen LogP contribution >= 0.6 is 0 Å². The summed E-state index contributed by atoms with van der Waals surface area (Å²) in [5.74, 6) is 0.689. The molecule has 1 aliphatic carbocycles. The zero-order chi connectivity index (χ0) is 15.8. The molecular formula is C19H25FO2. The van der Waals surface area contributed by atoms with Crippen molar-refractivity contribution in [2.45, 2.75) is 51.9 Å². The molecule has 1 aromatic carbocycles. The minimum atomic E-state index is -0.321. The number of rotatable bonds is 6. The first kappa shape index (κ1) is 16.7. The van der Waals surface area contributed by atoms with E-state index in [0.29, 0.717) is 5.75 Å². The van der Waals surface area contributed by atoms with Crippen LogP contribution in [-0.2, 0) is 4.79 Å². The topological polar surface area (TPSA) is 26.3 Å². The number of unbranched alkanes of at least 4 members (excludes halogenated alkanes) is 1. The van der Waals surface area contributed by atoms with Crippen molar-refractivity contribution in [2.75, 3.05) is 0 Å². The predicted molar refractivity (Wildman–Crippen MR) is 86.1 cm³/mol. The van der Waals surface area contributed by atoms with Crippen LogP contribution < -0.4 is 4.74 Å². The highest BCUT2D eigenvalue weighted by molar-refractivity contribution is 5.75. The van der Waals surface area contributed by atoms with E-state index in [1.165, 1.54) is 37.1 Å². The summed E-state index contributed by atoms with van der Waals surface area (Å²) >= 11 is 0. The van der Waals surface area contributed by atoms with Crippen molar-refractivity contribution >= 4 is 5.97 Å². The largest absolute Gasteiger partial charge is 0.426 e. The van der Waals surface area contributed by atoms with Crippen LogP contribution in [0.1, 0.15) is 51.9 Å². The summed E-state index contributed by atoms with van der Waals surface area (Å²) in [5, 5.41) is 0. The molecule has 0 heterocycles. The van der Waals surface area contributed by atoms with Gasteiger partial charge < -0.3 is 4.74 Å². The zero-order valence-corrected chi connectivity index (χ0v) is 13.3. The first-order valence-corrected chi connectivity index (χ1v) is 8.27. The van der Waals surface area contributed by atoms with Crippen molar-refractivity contribution in [1.82, 2.24) is 0 Å². The van der Waals surface area contributed by atoms with Crippen LogP contribution in [0.25, 0.3) is 0 Å². The van der Waals surface area contributed by atoms with Gasteiger partial charge in [-0.3, -0.25) is 4.79 Å². The monoisotopic (exact) mass is 304 g/mol. The molecule has 0 spiro atoms. The van der Waals surface area contributed by atoms with Crippen molar-refractivity contribution in [1.29, 1.82) is 0 Å². The summed E-state index contributed by atoms with van der Waals surface area (Å²) in [7, 11) is 0. The Balaban J connectivity index is 1.71. The van der Waals surface area contributed by atoms with E-state index in [4.69, 9.17) is 4.74 Å². The first-order valence-electron chi connectivity index (χ1n) is 8.27. The predicted octanol–water partition coefficient (Wildman–Crippen LogP) is 5.28. The van der Waals surface area contributed by atoms with Crippen molar-refractivity contribution in [3.8, 4) is 5.75 Å². The van der Waals surface area contributed by atoms with Gasteiger partial charge in [0.2, 0.25) is 0 Å². The standard InChI is InChI=1S/C19H25FO2/c1-2-3-4-5-6-15-7-9-16(10-8-15)19(21)22-18-13-11-17(20)12-14-18/h2-3,11-16H,4-10H2,1H3/b3-2-. The van der Waals surface area contributed by atoms with Crippen LogP contribution in [-0.4, -0.2) is 5.97 Å². The quantitative estimate of drug-likeness (QED) is 0.309. The van der Waals surface area contributed by atoms with Gasteiger partial charge in [0.25, 0.3) is 0 Å². The minimum absolute atomic E-state index is 0.00293. The van der Waals surface area contributed by atoms with E-state index in [9.17, 15) is 9.18 Å². The van der Waals surface area contributed by atoms with Gasteiger partial charge in [0.1, 0.15) is 11.6 Å². The van der Waals surface area contributed by atoms with E-state index >= 15 is 0 Å². The number of ether oxygens (including phenoxy) is 1. The molecule has 0 aliphatic heterocycles. The number of hydrogen-bond donors (Lipinski definition) is 0. The fourth-order valence-electron chi connectivity index (χ4n) is 3.08. The molecule has 0 N–H and O–H groups in total. The van der Waals surface area contributed by atoms with Crippen molar-refractivity contribution in [2.24, 2.45) is 11.8 Å². The molecule has 22 heavy (non-hydrogen) atoms. The highest BCUT2D eigenvalue weighted by Crippen LogP contribution is 2.32. The maximum Gasteiger partial charge on any atom is 0.314 e. The Bertz CT molecular complexity index is 485. The maximum absolute atomic E-state index is 12.8. The number of carbonyl (C=O) groups is 1. The highest BCUT2D eigenvalue weighted by Gasteiger charge is 2.27. The van der Waals surface area contributed by atoms with Crippen LogP contribution in [0, 0.1) is 17.7 Å². The van der Waals surface area contributed by atoms with Crippen LogP contribution in [0.3, 0.4) is 0 Å². The van der Waals surface area contributed by atoms with Crippen molar-refractivity contribution in [3.05, 3.63) is 42.2 Å². The molecule has 1 aromatic rings. The lowest BCUT2D eigenvalue weighted by molar-refractivity contribution is -0.140. The van der Waals surface area contributed by atoms with Gasteiger partial charge in [-0.05, 0) is 75.6 Å². The second-order valence-electron chi connectivity index (χ2n) is 6.09. The number of halogens is 1. The molecule has 0 atom stereocenters. The first-order chi connectivity index (χ1) is 10.7. The fraction of sp³-hybridized carbons (Fsp3) is 0.526. The average Bonchev–Trinajstić information content (AvgIpc) is 2.54. The van der Waals surface area contributed by atoms with Crippen molar-refractivity contribution < 1.29 is 13.9 Å². The summed E-state index contributed by atoms with van der Waals surface area (Å²) in [6.45, 7) is 2.05. The summed E-state index contributed by atoms with van der Waals surface area (Å²) in [5.41, 5.74) is 0. The van der Waals surface area contributed by atoms with E-state index in [1.54, 1.807) is 0 Å². The van der Waals surface area contributed by atoms with Gasteiger partial charge in [0, 0.05) is 0 Å². The fourth-order valence-corrected chi connectivity index (χ4v) is 3.08. The Morgan fingerprint density at radius 1 is 1.23 bits per heavy atom. The Labute approximate surface area is 132 Å². The molecule has 0 amide bonds. The Kier molecular flexibility index (Phi) is 6.63. The number of benzene rings is 1.